The molecule has 26 heavy (non-hydrogen) atoms. The summed E-state index contributed by atoms with van der Waals surface area (Å²) in [6, 6.07) is 4.90. The van der Waals surface area contributed by atoms with Crippen LogP contribution >= 0.6 is 11.6 Å². The van der Waals surface area contributed by atoms with E-state index in [4.69, 9.17) is 16.3 Å². The molecule has 146 valence electrons. The van der Waals surface area contributed by atoms with E-state index in [0.717, 1.165) is 49.8 Å². The quantitative estimate of drug-likeness (QED) is 0.661. The van der Waals surface area contributed by atoms with Gasteiger partial charge in [-0.15, -0.1) is 0 Å². The SMILES string of the molecule is Cc1cc(Cl)ccc1N(CC(=O)NCCCN1CCOCC1)S(C)(=O)=O. The van der Waals surface area contributed by atoms with Crippen LogP contribution < -0.4 is 9.62 Å². The zero-order valence-corrected chi connectivity index (χ0v) is 16.8. The molecule has 0 radical (unpaired) electrons. The number of carbonyl (C=O) groups excluding carboxylic acids is 1. The Morgan fingerprint density at radius 2 is 2.04 bits per heavy atom. The van der Waals surface area contributed by atoms with E-state index in [1.807, 2.05) is 0 Å². The molecule has 1 heterocycles. The van der Waals surface area contributed by atoms with Crippen LogP contribution in [0.1, 0.15) is 12.0 Å². The fraction of sp³-hybridized carbons (Fsp3) is 0.588. The van der Waals surface area contributed by atoms with E-state index >= 15 is 0 Å². The number of carbonyl (C=O) groups is 1. The number of rotatable bonds is 8. The van der Waals surface area contributed by atoms with E-state index in [1.54, 1.807) is 25.1 Å². The Morgan fingerprint density at radius 1 is 1.35 bits per heavy atom. The van der Waals surface area contributed by atoms with Crippen LogP contribution in [-0.2, 0) is 19.6 Å². The van der Waals surface area contributed by atoms with Crippen molar-refractivity contribution in [2.75, 3.05) is 56.5 Å². The Bertz CT molecular complexity index is 721. The third-order valence-corrected chi connectivity index (χ3v) is 5.55. The van der Waals surface area contributed by atoms with Crippen LogP contribution in [-0.4, -0.2) is 71.4 Å². The molecular weight excluding hydrogens is 378 g/mol. The van der Waals surface area contributed by atoms with Gasteiger partial charge in [-0.05, 0) is 43.7 Å². The molecule has 7 nitrogen and oxygen atoms in total. The molecule has 0 bridgehead atoms. The number of morpholine rings is 1. The number of hydrogen-bond donors (Lipinski definition) is 1. The Balaban J connectivity index is 1.88. The Hall–Kier alpha value is -1.35. The lowest BCUT2D eigenvalue weighted by Gasteiger charge is -2.26. The minimum Gasteiger partial charge on any atom is -0.379 e. The smallest absolute Gasteiger partial charge is 0.240 e. The molecule has 1 aromatic carbocycles. The summed E-state index contributed by atoms with van der Waals surface area (Å²) in [5.74, 6) is -0.327. The minimum absolute atomic E-state index is 0.251. The van der Waals surface area contributed by atoms with Crippen molar-refractivity contribution in [3.63, 3.8) is 0 Å². The first-order valence-corrected chi connectivity index (χ1v) is 10.8. The predicted octanol–water partition coefficient (Wildman–Crippen LogP) is 1.25. The average molecular weight is 404 g/mol. The van der Waals surface area contributed by atoms with Crippen LogP contribution in [0.4, 0.5) is 5.69 Å². The molecule has 0 aromatic heterocycles. The second-order valence-corrected chi connectivity index (χ2v) is 8.70. The summed E-state index contributed by atoms with van der Waals surface area (Å²) in [6.07, 6.45) is 1.90. The van der Waals surface area contributed by atoms with Gasteiger partial charge < -0.3 is 10.1 Å². The number of sulfonamides is 1. The first kappa shape index (κ1) is 21.0. The molecule has 1 fully saturated rings. The standard InChI is InChI=1S/C17H26ClN3O4S/c1-14-12-15(18)4-5-16(14)21(26(2,23)24)13-17(22)19-6-3-7-20-8-10-25-11-9-20/h4-5,12H,3,6-11,13H2,1-2H3,(H,19,22). The second-order valence-electron chi connectivity index (χ2n) is 6.36. The molecule has 1 N–H and O–H groups in total. The molecule has 1 aromatic rings. The molecule has 1 aliphatic heterocycles. The summed E-state index contributed by atoms with van der Waals surface area (Å²) >= 11 is 5.93. The monoisotopic (exact) mass is 403 g/mol. The van der Waals surface area contributed by atoms with E-state index in [0.29, 0.717) is 22.8 Å². The maximum Gasteiger partial charge on any atom is 0.240 e. The number of nitrogens with one attached hydrogen (secondary N) is 1. The topological polar surface area (TPSA) is 79.0 Å². The van der Waals surface area contributed by atoms with Crippen molar-refractivity contribution in [1.29, 1.82) is 0 Å². The largest absolute Gasteiger partial charge is 0.379 e. The maximum atomic E-state index is 12.2. The summed E-state index contributed by atoms with van der Waals surface area (Å²) in [5.41, 5.74) is 1.16. The third-order valence-electron chi connectivity index (χ3n) is 4.19. The number of nitrogens with zero attached hydrogens (tertiary/aromatic N) is 2. The number of aryl methyl sites for hydroxylation is 1. The van der Waals surface area contributed by atoms with Gasteiger partial charge in [0, 0.05) is 24.7 Å². The average Bonchev–Trinajstić information content (AvgIpc) is 2.57. The number of anilines is 1. The summed E-state index contributed by atoms with van der Waals surface area (Å²) in [7, 11) is -3.59. The van der Waals surface area contributed by atoms with Crippen molar-refractivity contribution < 1.29 is 17.9 Å². The van der Waals surface area contributed by atoms with Gasteiger partial charge in [0.25, 0.3) is 0 Å². The molecule has 1 amide bonds. The highest BCUT2D eigenvalue weighted by molar-refractivity contribution is 7.92. The number of benzene rings is 1. The van der Waals surface area contributed by atoms with E-state index in [2.05, 4.69) is 10.2 Å². The van der Waals surface area contributed by atoms with Gasteiger partial charge in [0.05, 0.1) is 25.2 Å². The van der Waals surface area contributed by atoms with Crippen LogP contribution in [0.3, 0.4) is 0 Å². The molecule has 0 unspecified atom stereocenters. The summed E-state index contributed by atoms with van der Waals surface area (Å²) in [5, 5.41) is 3.32. The van der Waals surface area contributed by atoms with Crippen LogP contribution in [0.2, 0.25) is 5.02 Å². The van der Waals surface area contributed by atoms with Crippen molar-refractivity contribution in [3.05, 3.63) is 28.8 Å². The van der Waals surface area contributed by atoms with Crippen LogP contribution in [0.25, 0.3) is 0 Å². The van der Waals surface area contributed by atoms with Crippen LogP contribution in [0, 0.1) is 6.92 Å². The highest BCUT2D eigenvalue weighted by Gasteiger charge is 2.22. The zero-order chi connectivity index (χ0) is 19.2. The number of amides is 1. The van der Waals surface area contributed by atoms with Gasteiger partial charge in [-0.1, -0.05) is 11.6 Å². The lowest BCUT2D eigenvalue weighted by atomic mass is 10.2. The van der Waals surface area contributed by atoms with Gasteiger partial charge >= 0.3 is 0 Å². The Labute approximate surface area is 160 Å². The summed E-state index contributed by atoms with van der Waals surface area (Å²) < 4.78 is 30.7. The first-order chi connectivity index (χ1) is 12.3. The van der Waals surface area contributed by atoms with Crippen molar-refractivity contribution in [1.82, 2.24) is 10.2 Å². The van der Waals surface area contributed by atoms with Gasteiger partial charge in [-0.2, -0.15) is 0 Å². The minimum atomic E-state index is -3.59. The molecule has 0 atom stereocenters. The predicted molar refractivity (Wildman–Crippen MR) is 103 cm³/mol. The Morgan fingerprint density at radius 3 is 2.65 bits per heavy atom. The summed E-state index contributed by atoms with van der Waals surface area (Å²) in [4.78, 5) is 14.5. The number of ether oxygens (including phenoxy) is 1. The van der Waals surface area contributed by atoms with Gasteiger partial charge in [0.1, 0.15) is 6.54 Å². The number of halogens is 1. The lowest BCUT2D eigenvalue weighted by Crippen LogP contribution is -2.42. The molecule has 9 heteroatoms. The number of hydrogen-bond acceptors (Lipinski definition) is 5. The van der Waals surface area contributed by atoms with Crippen molar-refractivity contribution in [2.24, 2.45) is 0 Å². The molecule has 2 rings (SSSR count). The molecule has 1 saturated heterocycles. The Kier molecular flexibility index (Phi) is 7.69. The van der Waals surface area contributed by atoms with Crippen molar-refractivity contribution in [3.8, 4) is 0 Å². The fourth-order valence-electron chi connectivity index (χ4n) is 2.82. The van der Waals surface area contributed by atoms with E-state index < -0.39 is 10.0 Å². The summed E-state index contributed by atoms with van der Waals surface area (Å²) in [6.45, 7) is 6.21. The van der Waals surface area contributed by atoms with Gasteiger partial charge in [-0.3, -0.25) is 14.0 Å². The lowest BCUT2D eigenvalue weighted by molar-refractivity contribution is -0.119. The molecule has 0 aliphatic carbocycles. The third kappa shape index (κ3) is 6.42. The van der Waals surface area contributed by atoms with E-state index in [9.17, 15) is 13.2 Å². The first-order valence-electron chi connectivity index (χ1n) is 8.58. The van der Waals surface area contributed by atoms with Crippen molar-refractivity contribution >= 4 is 33.2 Å². The van der Waals surface area contributed by atoms with Crippen LogP contribution in [0.15, 0.2) is 18.2 Å². The van der Waals surface area contributed by atoms with Gasteiger partial charge in [-0.25, -0.2) is 8.42 Å². The fourth-order valence-corrected chi connectivity index (χ4v) is 3.96. The molecule has 0 spiro atoms. The highest BCUT2D eigenvalue weighted by atomic mass is 35.5. The molecular formula is C17H26ClN3O4S. The van der Waals surface area contributed by atoms with Gasteiger partial charge in [0.15, 0.2) is 0 Å². The molecule has 1 aliphatic rings. The second kappa shape index (κ2) is 9.55. The normalized spacial score (nSPS) is 15.7. The highest BCUT2D eigenvalue weighted by Crippen LogP contribution is 2.25. The van der Waals surface area contributed by atoms with Gasteiger partial charge in [0.2, 0.25) is 15.9 Å². The van der Waals surface area contributed by atoms with E-state index in [-0.39, 0.29) is 12.5 Å². The molecule has 0 saturated carbocycles. The van der Waals surface area contributed by atoms with Crippen molar-refractivity contribution in [2.45, 2.75) is 13.3 Å². The van der Waals surface area contributed by atoms with Crippen LogP contribution in [0.5, 0.6) is 0 Å². The maximum absolute atomic E-state index is 12.2. The zero-order valence-electron chi connectivity index (χ0n) is 15.2. The van der Waals surface area contributed by atoms with E-state index in [1.165, 1.54) is 0 Å².